The highest BCUT2D eigenvalue weighted by Gasteiger charge is 2.36. The maximum absolute atomic E-state index is 13.3. The van der Waals surface area contributed by atoms with Gasteiger partial charge < -0.3 is 14.5 Å². The van der Waals surface area contributed by atoms with Crippen molar-refractivity contribution in [3.8, 4) is 11.3 Å². The van der Waals surface area contributed by atoms with Crippen LogP contribution in [0.3, 0.4) is 0 Å². The smallest absolute Gasteiger partial charge is 0.410 e. The molecule has 2 aromatic rings. The van der Waals surface area contributed by atoms with Gasteiger partial charge in [0.05, 0.1) is 5.01 Å². The van der Waals surface area contributed by atoms with Gasteiger partial charge in [-0.3, -0.25) is 0 Å². The second-order valence-corrected chi connectivity index (χ2v) is 9.56. The molecule has 1 aliphatic heterocycles. The number of anilines is 1. The quantitative estimate of drug-likeness (QED) is 0.698. The second kappa shape index (κ2) is 7.70. The zero-order valence-corrected chi connectivity index (χ0v) is 18.1. The van der Waals surface area contributed by atoms with Gasteiger partial charge in [-0.1, -0.05) is 0 Å². The van der Waals surface area contributed by atoms with Gasteiger partial charge in [0.1, 0.15) is 22.1 Å². The molecule has 1 saturated heterocycles. The SMILES string of the molecule is Cc1nc(-c2ccc(F)cc2)c(N2C[C@H](C)N(C(=O)OC(C)(C)C)CC2C)s1. The molecule has 0 radical (unpaired) electrons. The third kappa shape index (κ3) is 4.46. The zero-order valence-electron chi connectivity index (χ0n) is 17.3. The summed E-state index contributed by atoms with van der Waals surface area (Å²) in [5.74, 6) is -0.259. The third-order valence-corrected chi connectivity index (χ3v) is 5.72. The summed E-state index contributed by atoms with van der Waals surface area (Å²) < 4.78 is 18.9. The number of carbonyl (C=O) groups excluding carboxylic acids is 1. The second-order valence-electron chi connectivity index (χ2n) is 8.38. The predicted molar refractivity (Wildman–Crippen MR) is 111 cm³/mol. The summed E-state index contributed by atoms with van der Waals surface area (Å²) >= 11 is 1.63. The average Bonchev–Trinajstić information content (AvgIpc) is 2.97. The van der Waals surface area contributed by atoms with E-state index in [0.29, 0.717) is 13.1 Å². The number of rotatable bonds is 2. The van der Waals surface area contributed by atoms with E-state index in [4.69, 9.17) is 9.72 Å². The Morgan fingerprint density at radius 3 is 2.43 bits per heavy atom. The molecule has 1 amide bonds. The molecule has 0 saturated carbocycles. The lowest BCUT2D eigenvalue weighted by molar-refractivity contribution is 0.0131. The number of hydrogen-bond donors (Lipinski definition) is 0. The largest absolute Gasteiger partial charge is 0.444 e. The van der Waals surface area contributed by atoms with Gasteiger partial charge in [-0.15, -0.1) is 11.3 Å². The Morgan fingerprint density at radius 2 is 1.82 bits per heavy atom. The van der Waals surface area contributed by atoms with Gasteiger partial charge in [-0.25, -0.2) is 14.2 Å². The molecule has 0 spiro atoms. The summed E-state index contributed by atoms with van der Waals surface area (Å²) in [5.41, 5.74) is 1.25. The van der Waals surface area contributed by atoms with Gasteiger partial charge in [-0.05, 0) is 65.8 Å². The highest BCUT2D eigenvalue weighted by atomic mass is 32.1. The molecule has 2 heterocycles. The van der Waals surface area contributed by atoms with Crippen molar-refractivity contribution < 1.29 is 13.9 Å². The van der Waals surface area contributed by atoms with Crippen LogP contribution in [0.15, 0.2) is 24.3 Å². The van der Waals surface area contributed by atoms with E-state index in [0.717, 1.165) is 21.3 Å². The lowest BCUT2D eigenvalue weighted by Crippen LogP contribution is -2.58. The normalized spacial score (nSPS) is 20.4. The Bertz CT molecular complexity index is 844. The molecule has 0 N–H and O–H groups in total. The Balaban J connectivity index is 1.85. The van der Waals surface area contributed by atoms with E-state index in [1.165, 1.54) is 12.1 Å². The lowest BCUT2D eigenvalue weighted by Gasteiger charge is -2.44. The summed E-state index contributed by atoms with van der Waals surface area (Å²) in [6, 6.07) is 6.56. The number of benzene rings is 1. The first-order chi connectivity index (χ1) is 13.0. The fraction of sp³-hybridized carbons (Fsp3) is 0.524. The molecule has 1 aliphatic rings. The van der Waals surface area contributed by atoms with Gasteiger partial charge in [0.25, 0.3) is 0 Å². The van der Waals surface area contributed by atoms with Crippen molar-refractivity contribution in [2.45, 2.75) is 59.2 Å². The Hall–Kier alpha value is -2.15. The van der Waals surface area contributed by atoms with Crippen LogP contribution >= 0.6 is 11.3 Å². The monoisotopic (exact) mass is 405 g/mol. The third-order valence-electron chi connectivity index (χ3n) is 4.71. The molecule has 5 nitrogen and oxygen atoms in total. The summed E-state index contributed by atoms with van der Waals surface area (Å²) in [7, 11) is 0. The average molecular weight is 406 g/mol. The lowest BCUT2D eigenvalue weighted by atomic mass is 10.1. The molecular weight excluding hydrogens is 377 g/mol. The van der Waals surface area contributed by atoms with Crippen LogP contribution in [0, 0.1) is 12.7 Å². The standard InChI is InChI=1S/C21H28FN3O2S/c1-13-12-25(20(26)27-21(4,5)6)14(2)11-24(13)19-18(23-15(3)28-19)16-7-9-17(22)10-8-16/h7-10,13-14H,11-12H2,1-6H3/t13?,14-/m0/s1. The summed E-state index contributed by atoms with van der Waals surface area (Å²) in [4.78, 5) is 21.4. The molecule has 0 aliphatic carbocycles. The molecule has 0 bridgehead atoms. The Kier molecular flexibility index (Phi) is 5.66. The highest BCUT2D eigenvalue weighted by molar-refractivity contribution is 7.16. The van der Waals surface area contributed by atoms with Crippen molar-refractivity contribution >= 4 is 22.4 Å². The minimum Gasteiger partial charge on any atom is -0.444 e. The van der Waals surface area contributed by atoms with Crippen LogP contribution in [0.2, 0.25) is 0 Å². The number of carbonyl (C=O) groups is 1. The number of halogens is 1. The summed E-state index contributed by atoms with van der Waals surface area (Å²) in [6.07, 6.45) is -0.272. The maximum atomic E-state index is 13.3. The van der Waals surface area contributed by atoms with E-state index in [2.05, 4.69) is 11.8 Å². The molecule has 3 rings (SSSR count). The number of thiazole rings is 1. The van der Waals surface area contributed by atoms with E-state index in [-0.39, 0.29) is 24.0 Å². The van der Waals surface area contributed by atoms with Crippen LogP contribution in [0.25, 0.3) is 11.3 Å². The number of nitrogens with zero attached hydrogens (tertiary/aromatic N) is 3. The molecule has 7 heteroatoms. The number of ether oxygens (including phenoxy) is 1. The molecular formula is C21H28FN3O2S. The first-order valence-corrected chi connectivity index (χ1v) is 10.4. The van der Waals surface area contributed by atoms with Crippen LogP contribution < -0.4 is 4.90 Å². The predicted octanol–water partition coefficient (Wildman–Crippen LogP) is 5.09. The van der Waals surface area contributed by atoms with Crippen LogP contribution in [0.5, 0.6) is 0 Å². The first kappa shape index (κ1) is 20.6. The number of amides is 1. The maximum Gasteiger partial charge on any atom is 0.410 e. The molecule has 1 fully saturated rings. The van der Waals surface area contributed by atoms with Gasteiger partial charge >= 0.3 is 6.09 Å². The topological polar surface area (TPSA) is 45.7 Å². The van der Waals surface area contributed by atoms with Crippen molar-refractivity contribution in [1.82, 2.24) is 9.88 Å². The summed E-state index contributed by atoms with van der Waals surface area (Å²) in [5, 5.41) is 2.02. The highest BCUT2D eigenvalue weighted by Crippen LogP contribution is 2.38. The van der Waals surface area contributed by atoms with Gasteiger partial charge in [-0.2, -0.15) is 0 Å². The summed E-state index contributed by atoms with van der Waals surface area (Å²) in [6.45, 7) is 13.0. The van der Waals surface area contributed by atoms with Gasteiger partial charge in [0, 0.05) is 30.7 Å². The first-order valence-electron chi connectivity index (χ1n) is 9.55. The minimum absolute atomic E-state index is 0.00882. The van der Waals surface area contributed by atoms with Crippen LogP contribution in [0.4, 0.5) is 14.2 Å². The van der Waals surface area contributed by atoms with Crippen LogP contribution in [0.1, 0.15) is 39.6 Å². The van der Waals surface area contributed by atoms with E-state index in [1.807, 2.05) is 34.6 Å². The van der Waals surface area contributed by atoms with Crippen molar-refractivity contribution in [3.05, 3.63) is 35.1 Å². The fourth-order valence-corrected chi connectivity index (χ4v) is 4.44. The Morgan fingerprint density at radius 1 is 1.18 bits per heavy atom. The fourth-order valence-electron chi connectivity index (χ4n) is 3.39. The van der Waals surface area contributed by atoms with Crippen LogP contribution in [-0.2, 0) is 4.74 Å². The van der Waals surface area contributed by atoms with E-state index < -0.39 is 5.60 Å². The van der Waals surface area contributed by atoms with Crippen molar-refractivity contribution in [2.75, 3.05) is 18.0 Å². The molecule has 152 valence electrons. The minimum atomic E-state index is -0.512. The number of hydrogen-bond acceptors (Lipinski definition) is 5. The molecule has 2 atom stereocenters. The zero-order chi connectivity index (χ0) is 20.6. The van der Waals surface area contributed by atoms with Gasteiger partial charge in [0.2, 0.25) is 0 Å². The van der Waals surface area contributed by atoms with E-state index in [1.54, 1.807) is 28.4 Å². The van der Waals surface area contributed by atoms with Crippen molar-refractivity contribution in [2.24, 2.45) is 0 Å². The van der Waals surface area contributed by atoms with Gasteiger partial charge in [0.15, 0.2) is 0 Å². The van der Waals surface area contributed by atoms with E-state index in [9.17, 15) is 9.18 Å². The Labute approximate surface area is 170 Å². The molecule has 1 aromatic carbocycles. The van der Waals surface area contributed by atoms with E-state index >= 15 is 0 Å². The molecule has 28 heavy (non-hydrogen) atoms. The van der Waals surface area contributed by atoms with Crippen molar-refractivity contribution in [1.29, 1.82) is 0 Å². The number of aryl methyl sites for hydroxylation is 1. The molecule has 1 unspecified atom stereocenters. The van der Waals surface area contributed by atoms with Crippen LogP contribution in [-0.4, -0.2) is 46.8 Å². The van der Waals surface area contributed by atoms with Crippen molar-refractivity contribution in [3.63, 3.8) is 0 Å². The number of piperazine rings is 1. The molecule has 1 aromatic heterocycles. The number of aromatic nitrogens is 1.